The summed E-state index contributed by atoms with van der Waals surface area (Å²) >= 11 is 0. The highest BCUT2D eigenvalue weighted by atomic mass is 16.5. The first-order valence-corrected chi connectivity index (χ1v) is 9.98. The molecule has 1 fully saturated rings. The Morgan fingerprint density at radius 3 is 2.07 bits per heavy atom. The number of rotatable bonds is 7. The van der Waals surface area contributed by atoms with Gasteiger partial charge >= 0.3 is 5.97 Å². The summed E-state index contributed by atoms with van der Waals surface area (Å²) in [5.74, 6) is -0.331. The zero-order valence-corrected chi connectivity index (χ0v) is 17.4. The van der Waals surface area contributed by atoms with Gasteiger partial charge in [0.15, 0.2) is 5.78 Å². The smallest absolute Gasteiger partial charge is 0.337 e. The summed E-state index contributed by atoms with van der Waals surface area (Å²) in [5.41, 5.74) is 3.23. The van der Waals surface area contributed by atoms with Gasteiger partial charge in [-0.3, -0.25) is 14.5 Å². The molecule has 0 atom stereocenters. The molecule has 0 aliphatic carbocycles. The van der Waals surface area contributed by atoms with Crippen molar-refractivity contribution in [2.75, 3.05) is 44.7 Å². The Balaban J connectivity index is 1.41. The van der Waals surface area contributed by atoms with Gasteiger partial charge in [0.1, 0.15) is 0 Å². The Bertz CT molecular complexity index is 886. The van der Waals surface area contributed by atoms with Gasteiger partial charge in [-0.25, -0.2) is 4.79 Å². The maximum absolute atomic E-state index is 12.3. The molecule has 0 saturated carbocycles. The summed E-state index contributed by atoms with van der Waals surface area (Å²) in [6, 6.07) is 14.7. The molecule has 3 rings (SSSR count). The number of amides is 1. The number of carbonyl (C=O) groups is 3. The van der Waals surface area contributed by atoms with Crippen LogP contribution in [0.1, 0.15) is 33.2 Å². The molecule has 2 aromatic carbocycles. The van der Waals surface area contributed by atoms with Gasteiger partial charge in [0.25, 0.3) is 0 Å². The monoisotopic (exact) mass is 409 g/mol. The standard InChI is InChI=1S/C23H27N3O4/c1-17(27)19-7-9-21(10-8-19)26-13-11-25(12-14-26)16-22(28)24-15-18-3-5-20(6-4-18)23(29)30-2/h3-10H,11-16H2,1-2H3,(H,24,28). The predicted molar refractivity (Wildman–Crippen MR) is 115 cm³/mol. The van der Waals surface area contributed by atoms with E-state index in [1.165, 1.54) is 7.11 Å². The molecule has 1 aliphatic rings. The molecule has 7 nitrogen and oxygen atoms in total. The summed E-state index contributed by atoms with van der Waals surface area (Å²) in [5, 5.41) is 2.93. The van der Waals surface area contributed by atoms with E-state index in [9.17, 15) is 14.4 Å². The lowest BCUT2D eigenvalue weighted by Crippen LogP contribution is -2.49. The maximum atomic E-state index is 12.3. The second-order valence-corrected chi connectivity index (χ2v) is 7.33. The van der Waals surface area contributed by atoms with E-state index in [1.54, 1.807) is 19.1 Å². The van der Waals surface area contributed by atoms with Crippen molar-refractivity contribution in [1.29, 1.82) is 0 Å². The number of carbonyl (C=O) groups excluding carboxylic acids is 3. The summed E-state index contributed by atoms with van der Waals surface area (Å²) in [6.45, 7) is 5.62. The Labute approximate surface area is 176 Å². The molecule has 0 spiro atoms. The number of hydrogen-bond donors (Lipinski definition) is 1. The average molecular weight is 409 g/mol. The molecule has 1 amide bonds. The second-order valence-electron chi connectivity index (χ2n) is 7.33. The van der Waals surface area contributed by atoms with Crippen LogP contribution in [0, 0.1) is 0 Å². The van der Waals surface area contributed by atoms with Crippen LogP contribution in [0.5, 0.6) is 0 Å². The van der Waals surface area contributed by atoms with Gasteiger partial charge in [0, 0.05) is 44.0 Å². The van der Waals surface area contributed by atoms with E-state index >= 15 is 0 Å². The number of benzene rings is 2. The highest BCUT2D eigenvalue weighted by Gasteiger charge is 2.19. The predicted octanol–water partition coefficient (Wildman–Crippen LogP) is 2.11. The SMILES string of the molecule is COC(=O)c1ccc(CNC(=O)CN2CCN(c3ccc(C(C)=O)cc3)CC2)cc1. The average Bonchev–Trinajstić information content (AvgIpc) is 2.78. The van der Waals surface area contributed by atoms with Crippen LogP contribution in [0.3, 0.4) is 0 Å². The van der Waals surface area contributed by atoms with Gasteiger partial charge < -0.3 is 15.0 Å². The van der Waals surface area contributed by atoms with Crippen molar-refractivity contribution in [3.05, 3.63) is 65.2 Å². The molecular formula is C23H27N3O4. The minimum absolute atomic E-state index is 0.0219. The molecule has 7 heteroatoms. The fourth-order valence-electron chi connectivity index (χ4n) is 3.41. The Morgan fingerprint density at radius 1 is 0.900 bits per heavy atom. The molecule has 1 aliphatic heterocycles. The van der Waals surface area contributed by atoms with Crippen LogP contribution in [0.4, 0.5) is 5.69 Å². The topological polar surface area (TPSA) is 79.0 Å². The van der Waals surface area contributed by atoms with Crippen molar-refractivity contribution in [3.63, 3.8) is 0 Å². The van der Waals surface area contributed by atoms with Gasteiger partial charge in [0.05, 0.1) is 19.2 Å². The third kappa shape index (κ3) is 5.67. The van der Waals surface area contributed by atoms with E-state index < -0.39 is 0 Å². The van der Waals surface area contributed by atoms with E-state index in [0.29, 0.717) is 24.2 Å². The molecule has 2 aromatic rings. The minimum atomic E-state index is -0.375. The van der Waals surface area contributed by atoms with Gasteiger partial charge in [-0.15, -0.1) is 0 Å². The highest BCUT2D eigenvalue weighted by molar-refractivity contribution is 5.94. The molecule has 158 valence electrons. The van der Waals surface area contributed by atoms with Crippen LogP contribution in [-0.2, 0) is 16.1 Å². The number of ether oxygens (including phenoxy) is 1. The largest absolute Gasteiger partial charge is 0.465 e. The van der Waals surface area contributed by atoms with E-state index in [1.807, 2.05) is 36.4 Å². The van der Waals surface area contributed by atoms with Crippen molar-refractivity contribution in [2.24, 2.45) is 0 Å². The summed E-state index contributed by atoms with van der Waals surface area (Å²) in [4.78, 5) is 39.5. The number of hydrogen-bond acceptors (Lipinski definition) is 6. The molecule has 1 N–H and O–H groups in total. The number of esters is 1. The van der Waals surface area contributed by atoms with Crippen LogP contribution in [0.2, 0.25) is 0 Å². The Morgan fingerprint density at radius 2 is 1.50 bits per heavy atom. The quantitative estimate of drug-likeness (QED) is 0.557. The second kappa shape index (κ2) is 10.0. The van der Waals surface area contributed by atoms with E-state index in [4.69, 9.17) is 0 Å². The lowest BCUT2D eigenvalue weighted by Gasteiger charge is -2.35. The third-order valence-corrected chi connectivity index (χ3v) is 5.24. The number of piperazine rings is 1. The van der Waals surface area contributed by atoms with Gasteiger partial charge in [-0.2, -0.15) is 0 Å². The van der Waals surface area contributed by atoms with E-state index in [-0.39, 0.29) is 17.7 Å². The summed E-state index contributed by atoms with van der Waals surface area (Å²) in [6.07, 6.45) is 0. The number of ketones is 1. The van der Waals surface area contributed by atoms with Crippen molar-refractivity contribution >= 4 is 23.3 Å². The first-order chi connectivity index (χ1) is 14.5. The fourth-order valence-corrected chi connectivity index (χ4v) is 3.41. The van der Waals surface area contributed by atoms with Gasteiger partial charge in [-0.1, -0.05) is 12.1 Å². The normalized spacial score (nSPS) is 14.3. The van der Waals surface area contributed by atoms with Crippen LogP contribution in [0.15, 0.2) is 48.5 Å². The number of nitrogens with zero attached hydrogens (tertiary/aromatic N) is 2. The Kier molecular flexibility index (Phi) is 7.19. The lowest BCUT2D eigenvalue weighted by atomic mass is 10.1. The molecule has 0 unspecified atom stereocenters. The van der Waals surface area contributed by atoms with Gasteiger partial charge in [-0.05, 0) is 48.9 Å². The minimum Gasteiger partial charge on any atom is -0.465 e. The molecule has 1 saturated heterocycles. The van der Waals surface area contributed by atoms with Crippen LogP contribution >= 0.6 is 0 Å². The Hall–Kier alpha value is -3.19. The fraction of sp³-hybridized carbons (Fsp3) is 0.348. The zero-order valence-electron chi connectivity index (χ0n) is 17.4. The zero-order chi connectivity index (χ0) is 21.5. The van der Waals surface area contributed by atoms with Crippen LogP contribution in [-0.4, -0.2) is 62.4 Å². The molecule has 0 bridgehead atoms. The van der Waals surface area contributed by atoms with Crippen LogP contribution < -0.4 is 10.2 Å². The molecule has 30 heavy (non-hydrogen) atoms. The van der Waals surface area contributed by atoms with Crippen molar-refractivity contribution in [2.45, 2.75) is 13.5 Å². The molecule has 0 radical (unpaired) electrons. The molecule has 0 aromatic heterocycles. The third-order valence-electron chi connectivity index (χ3n) is 5.24. The molecular weight excluding hydrogens is 382 g/mol. The first-order valence-electron chi connectivity index (χ1n) is 9.98. The van der Waals surface area contributed by atoms with Crippen molar-refractivity contribution in [3.8, 4) is 0 Å². The van der Waals surface area contributed by atoms with E-state index in [2.05, 4.69) is 19.9 Å². The molecule has 1 heterocycles. The summed E-state index contributed by atoms with van der Waals surface area (Å²) in [7, 11) is 1.35. The van der Waals surface area contributed by atoms with Gasteiger partial charge in [0.2, 0.25) is 5.91 Å². The highest BCUT2D eigenvalue weighted by Crippen LogP contribution is 2.17. The first kappa shape index (κ1) is 21.5. The maximum Gasteiger partial charge on any atom is 0.337 e. The summed E-state index contributed by atoms with van der Waals surface area (Å²) < 4.78 is 4.68. The number of methoxy groups -OCH3 is 1. The van der Waals surface area contributed by atoms with Crippen molar-refractivity contribution < 1.29 is 19.1 Å². The van der Waals surface area contributed by atoms with E-state index in [0.717, 1.165) is 37.4 Å². The van der Waals surface area contributed by atoms with Crippen LogP contribution in [0.25, 0.3) is 0 Å². The number of nitrogens with one attached hydrogen (secondary N) is 1. The number of anilines is 1. The number of Topliss-reactive ketones (excluding diaryl/α,β-unsaturated/α-hetero) is 1. The lowest BCUT2D eigenvalue weighted by molar-refractivity contribution is -0.122. The van der Waals surface area contributed by atoms with Crippen molar-refractivity contribution in [1.82, 2.24) is 10.2 Å².